The molecule has 1 aliphatic rings. The van der Waals surface area contributed by atoms with Crippen molar-refractivity contribution in [3.05, 3.63) is 17.0 Å². The summed E-state index contributed by atoms with van der Waals surface area (Å²) in [5.41, 5.74) is 0. The standard InChI is InChI=1S/C5H8N3O2/c1-4-6-3-5(7(4)2)8(9)10/h5H,1,3H2,2H3. The quantitative estimate of drug-likeness (QED) is 0.375. The first-order chi connectivity index (χ1) is 4.63. The Kier molecular flexibility index (Phi) is 1.57. The van der Waals surface area contributed by atoms with E-state index < -0.39 is 6.17 Å². The summed E-state index contributed by atoms with van der Waals surface area (Å²) in [6.07, 6.45) is -0.701. The van der Waals surface area contributed by atoms with E-state index in [0.717, 1.165) is 0 Å². The molecule has 1 unspecified atom stereocenters. The maximum atomic E-state index is 10.2. The Morgan fingerprint density at radius 2 is 2.60 bits per heavy atom. The maximum Gasteiger partial charge on any atom is 0.307 e. The van der Waals surface area contributed by atoms with Crippen molar-refractivity contribution in [1.82, 2.24) is 4.90 Å². The first kappa shape index (κ1) is 6.98. The predicted octanol–water partition coefficient (Wildman–Crippen LogP) is -0.233. The number of aliphatic imine (C=N–C) groups is 1. The summed E-state index contributed by atoms with van der Waals surface area (Å²) in [5.74, 6) is 0.488. The van der Waals surface area contributed by atoms with Gasteiger partial charge < -0.3 is 0 Å². The molecule has 1 heterocycles. The van der Waals surface area contributed by atoms with Crippen LogP contribution in [0.3, 0.4) is 0 Å². The van der Waals surface area contributed by atoms with Crippen molar-refractivity contribution < 1.29 is 4.92 Å². The lowest BCUT2D eigenvalue weighted by atomic mass is 10.5. The van der Waals surface area contributed by atoms with E-state index in [-0.39, 0.29) is 11.5 Å². The molecule has 10 heavy (non-hydrogen) atoms. The number of nitro groups is 1. The zero-order valence-corrected chi connectivity index (χ0v) is 5.65. The van der Waals surface area contributed by atoms with Gasteiger partial charge in [0.2, 0.25) is 0 Å². The lowest BCUT2D eigenvalue weighted by Gasteiger charge is -2.13. The Bertz CT molecular complexity index is 189. The van der Waals surface area contributed by atoms with Gasteiger partial charge in [0, 0.05) is 18.9 Å². The van der Waals surface area contributed by atoms with Gasteiger partial charge >= 0.3 is 6.17 Å². The lowest BCUT2D eigenvalue weighted by molar-refractivity contribution is -0.537. The van der Waals surface area contributed by atoms with Gasteiger partial charge in [-0.25, -0.2) is 0 Å². The Morgan fingerprint density at radius 3 is 2.80 bits per heavy atom. The smallest absolute Gasteiger partial charge is 0.300 e. The molecule has 5 nitrogen and oxygen atoms in total. The number of likely N-dealkylation sites (N-methyl/N-ethyl adjacent to an activating group) is 1. The second-order valence-electron chi connectivity index (χ2n) is 2.13. The average molecular weight is 142 g/mol. The summed E-state index contributed by atoms with van der Waals surface area (Å²) in [5, 5.41) is 10.2. The van der Waals surface area contributed by atoms with Gasteiger partial charge in [-0.2, -0.15) is 0 Å². The molecule has 1 radical (unpaired) electrons. The molecular weight excluding hydrogens is 134 g/mol. The third-order valence-electron chi connectivity index (χ3n) is 1.53. The van der Waals surface area contributed by atoms with Crippen LogP contribution in [0.4, 0.5) is 0 Å². The lowest BCUT2D eigenvalue weighted by Crippen LogP contribution is -2.37. The van der Waals surface area contributed by atoms with Crippen LogP contribution in [0, 0.1) is 17.0 Å². The Hall–Kier alpha value is -1.13. The molecule has 0 aromatic carbocycles. The summed E-state index contributed by atoms with van der Waals surface area (Å²) in [4.78, 5) is 15.1. The van der Waals surface area contributed by atoms with Crippen molar-refractivity contribution in [2.75, 3.05) is 13.6 Å². The molecule has 0 aliphatic carbocycles. The molecule has 0 aromatic rings. The first-order valence-electron chi connectivity index (χ1n) is 2.85. The molecule has 0 saturated heterocycles. The van der Waals surface area contributed by atoms with Gasteiger partial charge in [0.25, 0.3) is 0 Å². The fourth-order valence-electron chi connectivity index (χ4n) is 0.801. The number of amidine groups is 1. The molecule has 1 rings (SSSR count). The predicted molar refractivity (Wildman–Crippen MR) is 36.2 cm³/mol. The van der Waals surface area contributed by atoms with Gasteiger partial charge in [0.15, 0.2) is 0 Å². The highest BCUT2D eigenvalue weighted by molar-refractivity contribution is 5.87. The summed E-state index contributed by atoms with van der Waals surface area (Å²) in [6.45, 7) is 3.75. The van der Waals surface area contributed by atoms with Crippen molar-refractivity contribution in [1.29, 1.82) is 0 Å². The molecule has 0 fully saturated rings. The van der Waals surface area contributed by atoms with E-state index in [0.29, 0.717) is 5.84 Å². The molecule has 1 aliphatic heterocycles. The van der Waals surface area contributed by atoms with Crippen molar-refractivity contribution in [2.24, 2.45) is 4.99 Å². The van der Waals surface area contributed by atoms with E-state index in [1.54, 1.807) is 7.05 Å². The van der Waals surface area contributed by atoms with Crippen molar-refractivity contribution >= 4 is 5.84 Å². The number of nitrogens with zero attached hydrogens (tertiary/aromatic N) is 3. The fraction of sp³-hybridized carbons (Fsp3) is 0.600. The monoisotopic (exact) mass is 142 g/mol. The topological polar surface area (TPSA) is 58.7 Å². The van der Waals surface area contributed by atoms with Gasteiger partial charge in [-0.15, -0.1) is 0 Å². The number of hydrogen-bond donors (Lipinski definition) is 0. The average Bonchev–Trinajstić information content (AvgIpc) is 2.14. The van der Waals surface area contributed by atoms with Crippen LogP contribution in [0.5, 0.6) is 0 Å². The molecule has 0 aromatic heterocycles. The Labute approximate surface area is 58.5 Å². The van der Waals surface area contributed by atoms with Crippen LogP contribution >= 0.6 is 0 Å². The Morgan fingerprint density at radius 1 is 2.00 bits per heavy atom. The molecule has 0 spiro atoms. The minimum absolute atomic E-state index is 0.225. The van der Waals surface area contributed by atoms with Crippen molar-refractivity contribution in [2.45, 2.75) is 6.17 Å². The summed E-state index contributed by atoms with van der Waals surface area (Å²) in [6, 6.07) is 0. The van der Waals surface area contributed by atoms with Crippen LogP contribution in [0.25, 0.3) is 0 Å². The van der Waals surface area contributed by atoms with E-state index in [9.17, 15) is 10.1 Å². The highest BCUT2D eigenvalue weighted by atomic mass is 16.6. The van der Waals surface area contributed by atoms with Gasteiger partial charge in [0.05, 0.1) is 0 Å². The molecule has 0 saturated carbocycles. The van der Waals surface area contributed by atoms with Gasteiger partial charge in [-0.05, 0) is 0 Å². The molecular formula is C5H8N3O2. The van der Waals surface area contributed by atoms with Crippen molar-refractivity contribution in [3.63, 3.8) is 0 Å². The molecule has 55 valence electrons. The van der Waals surface area contributed by atoms with E-state index in [1.165, 1.54) is 4.90 Å². The second-order valence-corrected chi connectivity index (χ2v) is 2.13. The highest BCUT2D eigenvalue weighted by Crippen LogP contribution is 2.06. The van der Waals surface area contributed by atoms with Crippen LogP contribution in [-0.2, 0) is 0 Å². The van der Waals surface area contributed by atoms with Crippen LogP contribution < -0.4 is 0 Å². The largest absolute Gasteiger partial charge is 0.307 e. The summed E-state index contributed by atoms with van der Waals surface area (Å²) in [7, 11) is 1.62. The molecule has 0 amide bonds. The Balaban J connectivity index is 2.65. The minimum Gasteiger partial charge on any atom is -0.300 e. The minimum atomic E-state index is -0.701. The summed E-state index contributed by atoms with van der Waals surface area (Å²) >= 11 is 0. The SMILES string of the molecule is [CH2]C1=NCC([N+](=O)[O-])N1C. The maximum absolute atomic E-state index is 10.2. The normalized spacial score (nSPS) is 24.8. The number of rotatable bonds is 1. The summed E-state index contributed by atoms with van der Waals surface area (Å²) < 4.78 is 0. The highest BCUT2D eigenvalue weighted by Gasteiger charge is 2.30. The second kappa shape index (κ2) is 2.24. The van der Waals surface area contributed by atoms with Crippen LogP contribution in [0.2, 0.25) is 0 Å². The van der Waals surface area contributed by atoms with Gasteiger partial charge in [-0.1, -0.05) is 0 Å². The molecule has 5 heteroatoms. The van der Waals surface area contributed by atoms with E-state index >= 15 is 0 Å². The molecule has 0 N–H and O–H groups in total. The van der Waals surface area contributed by atoms with E-state index in [1.807, 2.05) is 0 Å². The third-order valence-corrected chi connectivity index (χ3v) is 1.53. The van der Waals surface area contributed by atoms with Crippen LogP contribution in [0.15, 0.2) is 4.99 Å². The first-order valence-corrected chi connectivity index (χ1v) is 2.85. The fourth-order valence-corrected chi connectivity index (χ4v) is 0.801. The van der Waals surface area contributed by atoms with Gasteiger partial charge in [-0.3, -0.25) is 20.0 Å². The van der Waals surface area contributed by atoms with Crippen LogP contribution in [-0.4, -0.2) is 35.4 Å². The van der Waals surface area contributed by atoms with Crippen molar-refractivity contribution in [3.8, 4) is 0 Å². The number of hydrogen-bond acceptors (Lipinski definition) is 4. The van der Waals surface area contributed by atoms with E-state index in [2.05, 4.69) is 11.9 Å². The molecule has 1 atom stereocenters. The van der Waals surface area contributed by atoms with Crippen LogP contribution in [0.1, 0.15) is 0 Å². The van der Waals surface area contributed by atoms with E-state index in [4.69, 9.17) is 0 Å². The van der Waals surface area contributed by atoms with Gasteiger partial charge in [0.1, 0.15) is 12.4 Å². The zero-order chi connectivity index (χ0) is 7.72. The zero-order valence-electron chi connectivity index (χ0n) is 5.65. The molecule has 0 bridgehead atoms. The third kappa shape index (κ3) is 0.940.